The third kappa shape index (κ3) is 3.20. The molecule has 0 amide bonds. The first-order chi connectivity index (χ1) is 15.2. The summed E-state index contributed by atoms with van der Waals surface area (Å²) in [7, 11) is 0. The van der Waals surface area contributed by atoms with Gasteiger partial charge in [-0.05, 0) is 147 Å². The highest BCUT2D eigenvalue weighted by molar-refractivity contribution is 7.80. The van der Waals surface area contributed by atoms with E-state index in [0.29, 0.717) is 16.2 Å². The van der Waals surface area contributed by atoms with E-state index in [9.17, 15) is 0 Å². The van der Waals surface area contributed by atoms with Crippen LogP contribution in [0.5, 0.6) is 0 Å². The van der Waals surface area contributed by atoms with Crippen LogP contribution in [0.1, 0.15) is 96.5 Å². The fraction of sp³-hybridized carbons (Fsp3) is 0.759. The summed E-state index contributed by atoms with van der Waals surface area (Å²) >= 11 is 5.87. The Labute approximate surface area is 199 Å². The molecule has 172 valence electrons. The van der Waals surface area contributed by atoms with Crippen molar-refractivity contribution in [2.24, 2.45) is 34.5 Å². The van der Waals surface area contributed by atoms with Gasteiger partial charge in [0.25, 0.3) is 0 Å². The molecule has 8 aliphatic rings. The summed E-state index contributed by atoms with van der Waals surface area (Å²) in [5.74, 6) is 3.88. The van der Waals surface area contributed by atoms with Crippen molar-refractivity contribution in [2.45, 2.75) is 102 Å². The van der Waals surface area contributed by atoms with E-state index in [1.165, 1.54) is 77.0 Å². The highest BCUT2D eigenvalue weighted by atomic mass is 32.1. The van der Waals surface area contributed by atoms with E-state index in [1.807, 2.05) is 0 Å². The molecule has 0 saturated heterocycles. The zero-order valence-electron chi connectivity index (χ0n) is 20.0. The van der Waals surface area contributed by atoms with Crippen LogP contribution in [0.3, 0.4) is 0 Å². The van der Waals surface area contributed by atoms with E-state index in [1.54, 1.807) is 5.56 Å². The SMILES string of the molecule is CC12CC3CC(C)(C1)CC(NC(=S)Nc1ccc(C45CC6CC(CC(C6)C4)C5)cc1)(C3)C2. The Kier molecular flexibility index (Phi) is 4.14. The van der Waals surface area contributed by atoms with Gasteiger partial charge in [0.15, 0.2) is 5.11 Å². The second-order valence-corrected chi connectivity index (χ2v) is 14.7. The molecule has 8 saturated carbocycles. The van der Waals surface area contributed by atoms with Crippen molar-refractivity contribution in [3.8, 4) is 0 Å². The molecule has 2 unspecified atom stereocenters. The van der Waals surface area contributed by atoms with Crippen molar-refractivity contribution in [3.05, 3.63) is 29.8 Å². The van der Waals surface area contributed by atoms with Gasteiger partial charge in [-0.1, -0.05) is 26.0 Å². The standard InChI is InChI=1S/C29H40N2S/c1-26-10-22-11-27(2,16-26)18-29(15-22,17-26)31-25(32)30-24-5-3-23(4-6-24)28-12-19-7-20(13-28)9-21(8-19)14-28/h3-6,19-22H,7-18H2,1-2H3,(H2,30,31,32). The molecule has 0 aliphatic heterocycles. The quantitative estimate of drug-likeness (QED) is 0.479. The van der Waals surface area contributed by atoms with Gasteiger partial charge in [0.1, 0.15) is 0 Å². The molecule has 0 spiro atoms. The smallest absolute Gasteiger partial charge is 0.171 e. The summed E-state index contributed by atoms with van der Waals surface area (Å²) in [6.45, 7) is 5.07. The van der Waals surface area contributed by atoms with E-state index < -0.39 is 0 Å². The molecule has 2 N–H and O–H groups in total. The summed E-state index contributed by atoms with van der Waals surface area (Å²) in [5.41, 5.74) is 4.47. The van der Waals surface area contributed by atoms with Crippen molar-refractivity contribution in [2.75, 3.05) is 5.32 Å². The number of rotatable bonds is 3. The van der Waals surface area contributed by atoms with Crippen LogP contribution in [0.4, 0.5) is 5.69 Å². The molecule has 0 radical (unpaired) electrons. The highest BCUT2D eigenvalue weighted by Gasteiger charge is 2.60. The number of benzene rings is 1. The van der Waals surface area contributed by atoms with Gasteiger partial charge in [0.2, 0.25) is 0 Å². The van der Waals surface area contributed by atoms with Crippen molar-refractivity contribution in [1.29, 1.82) is 0 Å². The second-order valence-electron chi connectivity index (χ2n) is 14.3. The van der Waals surface area contributed by atoms with Gasteiger partial charge < -0.3 is 10.6 Å². The van der Waals surface area contributed by atoms with Gasteiger partial charge in [-0.25, -0.2) is 0 Å². The van der Waals surface area contributed by atoms with Gasteiger partial charge in [-0.3, -0.25) is 0 Å². The Morgan fingerprint density at radius 2 is 1.31 bits per heavy atom. The van der Waals surface area contributed by atoms with Crippen molar-refractivity contribution >= 4 is 23.0 Å². The van der Waals surface area contributed by atoms with Gasteiger partial charge in [0.05, 0.1) is 0 Å². The normalized spacial score (nSPS) is 49.9. The van der Waals surface area contributed by atoms with E-state index in [2.05, 4.69) is 48.7 Å². The second kappa shape index (κ2) is 6.52. The Morgan fingerprint density at radius 1 is 0.750 bits per heavy atom. The zero-order chi connectivity index (χ0) is 21.8. The van der Waals surface area contributed by atoms with Crippen LogP contribution >= 0.6 is 12.2 Å². The molecular formula is C29H40N2S. The Hall–Kier alpha value is -1.09. The number of thiocarbonyl (C=S) groups is 1. The maximum atomic E-state index is 5.87. The molecule has 0 heterocycles. The van der Waals surface area contributed by atoms with Gasteiger partial charge in [-0.2, -0.15) is 0 Å². The lowest BCUT2D eigenvalue weighted by Gasteiger charge is -2.65. The van der Waals surface area contributed by atoms with Crippen LogP contribution in [-0.4, -0.2) is 10.7 Å². The predicted octanol–water partition coefficient (Wildman–Crippen LogP) is 7.19. The van der Waals surface area contributed by atoms with Crippen LogP contribution in [0.2, 0.25) is 0 Å². The van der Waals surface area contributed by atoms with E-state index in [4.69, 9.17) is 12.2 Å². The highest BCUT2D eigenvalue weighted by Crippen LogP contribution is 2.66. The number of hydrogen-bond donors (Lipinski definition) is 2. The molecular weight excluding hydrogens is 408 g/mol. The molecule has 0 aromatic heterocycles. The summed E-state index contributed by atoms with van der Waals surface area (Å²) < 4.78 is 0. The molecule has 9 rings (SSSR count). The average Bonchev–Trinajstić information content (AvgIpc) is 2.64. The first kappa shape index (κ1) is 20.3. The zero-order valence-corrected chi connectivity index (χ0v) is 20.8. The Balaban J connectivity index is 1.05. The fourth-order valence-electron chi connectivity index (χ4n) is 11.4. The van der Waals surface area contributed by atoms with Crippen molar-refractivity contribution in [3.63, 3.8) is 0 Å². The minimum Gasteiger partial charge on any atom is -0.357 e. The molecule has 3 heteroatoms. The molecule has 8 aliphatic carbocycles. The lowest BCUT2D eigenvalue weighted by atomic mass is 9.43. The van der Waals surface area contributed by atoms with Gasteiger partial charge >= 0.3 is 0 Å². The lowest BCUT2D eigenvalue weighted by molar-refractivity contribution is -0.111. The van der Waals surface area contributed by atoms with Gasteiger partial charge in [-0.15, -0.1) is 0 Å². The van der Waals surface area contributed by atoms with Crippen LogP contribution in [0.25, 0.3) is 0 Å². The van der Waals surface area contributed by atoms with E-state index in [0.717, 1.165) is 34.5 Å². The molecule has 2 nitrogen and oxygen atoms in total. The van der Waals surface area contributed by atoms with Crippen LogP contribution in [0.15, 0.2) is 24.3 Å². The summed E-state index contributed by atoms with van der Waals surface area (Å²) in [6.07, 6.45) is 17.0. The lowest BCUT2D eigenvalue weighted by Crippen LogP contribution is -2.65. The van der Waals surface area contributed by atoms with E-state index in [-0.39, 0.29) is 5.54 Å². The molecule has 2 atom stereocenters. The van der Waals surface area contributed by atoms with Gasteiger partial charge in [0, 0.05) is 11.2 Å². The van der Waals surface area contributed by atoms with Crippen molar-refractivity contribution in [1.82, 2.24) is 5.32 Å². The maximum absolute atomic E-state index is 5.87. The first-order valence-electron chi connectivity index (χ1n) is 13.4. The average molecular weight is 449 g/mol. The molecule has 8 fully saturated rings. The monoisotopic (exact) mass is 448 g/mol. The summed E-state index contributed by atoms with van der Waals surface area (Å²) in [6, 6.07) is 9.43. The number of anilines is 1. The molecule has 8 bridgehead atoms. The third-order valence-corrected chi connectivity index (χ3v) is 11.0. The minimum absolute atomic E-state index is 0.214. The minimum atomic E-state index is 0.214. The van der Waals surface area contributed by atoms with Crippen LogP contribution in [-0.2, 0) is 5.41 Å². The van der Waals surface area contributed by atoms with Crippen LogP contribution in [0, 0.1) is 34.5 Å². The largest absolute Gasteiger partial charge is 0.357 e. The Bertz CT molecular complexity index is 895. The summed E-state index contributed by atoms with van der Waals surface area (Å²) in [5, 5.41) is 8.27. The maximum Gasteiger partial charge on any atom is 0.171 e. The summed E-state index contributed by atoms with van der Waals surface area (Å²) in [4.78, 5) is 0. The molecule has 1 aromatic carbocycles. The molecule has 1 aromatic rings. The third-order valence-electron chi connectivity index (χ3n) is 10.8. The number of hydrogen-bond acceptors (Lipinski definition) is 1. The molecule has 32 heavy (non-hydrogen) atoms. The Morgan fingerprint density at radius 3 is 1.84 bits per heavy atom. The first-order valence-corrected chi connectivity index (χ1v) is 13.8. The van der Waals surface area contributed by atoms with Crippen LogP contribution < -0.4 is 10.6 Å². The van der Waals surface area contributed by atoms with E-state index >= 15 is 0 Å². The van der Waals surface area contributed by atoms with Crippen molar-refractivity contribution < 1.29 is 0 Å². The topological polar surface area (TPSA) is 24.1 Å². The predicted molar refractivity (Wildman–Crippen MR) is 136 cm³/mol. The number of nitrogens with one attached hydrogen (secondary N) is 2. The fourth-order valence-corrected chi connectivity index (χ4v) is 11.7.